The number of benzene rings is 1. The Morgan fingerprint density at radius 2 is 1.81 bits per heavy atom. The van der Waals surface area contributed by atoms with E-state index in [2.05, 4.69) is 16.0 Å². The number of carbonyl (C=O) groups excluding carboxylic acids is 2. The van der Waals surface area contributed by atoms with Gasteiger partial charge in [-0.1, -0.05) is 19.3 Å². The number of nitrogens with one attached hydrogen (secondary N) is 3. The van der Waals surface area contributed by atoms with Crippen LogP contribution in [0.15, 0.2) is 47.1 Å². The topological polar surface area (TPSA) is 83.4 Å². The van der Waals surface area contributed by atoms with Crippen LogP contribution in [-0.2, 0) is 11.3 Å². The molecule has 0 unspecified atom stereocenters. The molecule has 1 fully saturated rings. The molecule has 3 N–H and O–H groups in total. The predicted molar refractivity (Wildman–Crippen MR) is 99.8 cm³/mol. The fraction of sp³-hybridized carbons (Fsp3) is 0.400. The van der Waals surface area contributed by atoms with Gasteiger partial charge in [-0.15, -0.1) is 0 Å². The number of rotatable bonds is 7. The van der Waals surface area contributed by atoms with Crippen molar-refractivity contribution in [3.05, 3.63) is 54.0 Å². The van der Waals surface area contributed by atoms with Crippen LogP contribution < -0.4 is 16.0 Å². The smallest absolute Gasteiger partial charge is 0.251 e. The van der Waals surface area contributed by atoms with Crippen LogP contribution in [0.25, 0.3) is 0 Å². The van der Waals surface area contributed by atoms with E-state index in [1.807, 2.05) is 6.07 Å². The Bertz CT molecular complexity index is 704. The van der Waals surface area contributed by atoms with Gasteiger partial charge in [0.25, 0.3) is 5.91 Å². The van der Waals surface area contributed by atoms with Crippen LogP contribution in [0.1, 0.15) is 48.2 Å². The Kier molecular flexibility index (Phi) is 6.30. The first-order valence-corrected chi connectivity index (χ1v) is 9.14. The van der Waals surface area contributed by atoms with Gasteiger partial charge in [-0.3, -0.25) is 9.59 Å². The third-order valence-corrected chi connectivity index (χ3v) is 4.57. The molecule has 0 atom stereocenters. The molecule has 1 aliphatic rings. The molecule has 6 nitrogen and oxygen atoms in total. The van der Waals surface area contributed by atoms with Gasteiger partial charge in [0.05, 0.1) is 19.4 Å². The molecule has 138 valence electrons. The zero-order valence-electron chi connectivity index (χ0n) is 14.8. The van der Waals surface area contributed by atoms with Crippen molar-refractivity contribution in [1.29, 1.82) is 0 Å². The summed E-state index contributed by atoms with van der Waals surface area (Å²) < 4.78 is 5.19. The number of hydrogen-bond acceptors (Lipinski definition) is 4. The molecule has 1 aromatic heterocycles. The lowest BCUT2D eigenvalue weighted by molar-refractivity contribution is -0.120. The third kappa shape index (κ3) is 5.37. The molecule has 0 saturated heterocycles. The Hall–Kier alpha value is -2.76. The van der Waals surface area contributed by atoms with Crippen molar-refractivity contribution in [3.8, 4) is 0 Å². The summed E-state index contributed by atoms with van der Waals surface area (Å²) >= 11 is 0. The van der Waals surface area contributed by atoms with Gasteiger partial charge in [-0.25, -0.2) is 0 Å². The van der Waals surface area contributed by atoms with Crippen molar-refractivity contribution >= 4 is 17.5 Å². The molecular formula is C20H25N3O3. The summed E-state index contributed by atoms with van der Waals surface area (Å²) in [5.41, 5.74) is 1.38. The lowest BCUT2D eigenvalue weighted by atomic mass is 9.95. The average Bonchev–Trinajstić information content (AvgIpc) is 3.19. The Labute approximate surface area is 153 Å². The maximum absolute atomic E-state index is 12.1. The standard InChI is InChI=1S/C20H25N3O3/c24-19(23-17-5-2-1-3-6-17)14-21-16-10-8-15(9-11-16)20(25)22-13-18-7-4-12-26-18/h4,7-12,17,21H,1-3,5-6,13-14H2,(H,22,25)(H,23,24). The molecule has 3 rings (SSSR count). The molecule has 1 saturated carbocycles. The number of anilines is 1. The van der Waals surface area contributed by atoms with Crippen molar-refractivity contribution in [2.45, 2.75) is 44.7 Å². The van der Waals surface area contributed by atoms with Crippen molar-refractivity contribution in [2.75, 3.05) is 11.9 Å². The highest BCUT2D eigenvalue weighted by Crippen LogP contribution is 2.17. The normalized spacial score (nSPS) is 14.6. The number of furan rings is 1. The summed E-state index contributed by atoms with van der Waals surface area (Å²) in [6, 6.07) is 11.0. The first kappa shape index (κ1) is 18.0. The van der Waals surface area contributed by atoms with Crippen molar-refractivity contribution in [1.82, 2.24) is 10.6 Å². The second-order valence-electron chi connectivity index (χ2n) is 6.60. The Balaban J connectivity index is 1.42. The molecule has 0 radical (unpaired) electrons. The second kappa shape index (κ2) is 9.08. The summed E-state index contributed by atoms with van der Waals surface area (Å²) in [7, 11) is 0. The van der Waals surface area contributed by atoms with Crippen LogP contribution >= 0.6 is 0 Å². The molecule has 0 aliphatic heterocycles. The highest BCUT2D eigenvalue weighted by Gasteiger charge is 2.15. The fourth-order valence-corrected chi connectivity index (χ4v) is 3.13. The number of carbonyl (C=O) groups is 2. The molecule has 26 heavy (non-hydrogen) atoms. The Morgan fingerprint density at radius 1 is 1.04 bits per heavy atom. The van der Waals surface area contributed by atoms with Crippen LogP contribution in [0.4, 0.5) is 5.69 Å². The molecular weight excluding hydrogens is 330 g/mol. The van der Waals surface area contributed by atoms with Gasteiger partial charge in [-0.2, -0.15) is 0 Å². The first-order chi connectivity index (χ1) is 12.7. The molecule has 6 heteroatoms. The van der Waals surface area contributed by atoms with Crippen LogP contribution in [0.5, 0.6) is 0 Å². The third-order valence-electron chi connectivity index (χ3n) is 4.57. The van der Waals surface area contributed by atoms with E-state index in [1.165, 1.54) is 19.3 Å². The fourth-order valence-electron chi connectivity index (χ4n) is 3.13. The SMILES string of the molecule is O=C(CNc1ccc(C(=O)NCc2ccco2)cc1)NC1CCCCC1. The minimum absolute atomic E-state index is 0.0113. The monoisotopic (exact) mass is 355 g/mol. The van der Waals surface area contributed by atoms with Gasteiger partial charge in [0.1, 0.15) is 5.76 Å². The van der Waals surface area contributed by atoms with Crippen molar-refractivity contribution < 1.29 is 14.0 Å². The lowest BCUT2D eigenvalue weighted by Crippen LogP contribution is -2.39. The molecule has 2 aromatic rings. The summed E-state index contributed by atoms with van der Waals surface area (Å²) in [6.45, 7) is 0.591. The molecule has 0 bridgehead atoms. The van der Waals surface area contributed by atoms with Gasteiger partial charge in [-0.05, 0) is 49.2 Å². The van der Waals surface area contributed by atoms with E-state index in [0.29, 0.717) is 23.9 Å². The van der Waals surface area contributed by atoms with Gasteiger partial charge >= 0.3 is 0 Å². The van der Waals surface area contributed by atoms with Crippen LogP contribution in [-0.4, -0.2) is 24.4 Å². The Morgan fingerprint density at radius 3 is 2.50 bits per heavy atom. The van der Waals surface area contributed by atoms with E-state index in [-0.39, 0.29) is 18.4 Å². The zero-order chi connectivity index (χ0) is 18.2. The van der Waals surface area contributed by atoms with Crippen LogP contribution in [0, 0.1) is 0 Å². The maximum atomic E-state index is 12.1. The second-order valence-corrected chi connectivity index (χ2v) is 6.60. The van der Waals surface area contributed by atoms with Gasteiger partial charge in [0.2, 0.25) is 5.91 Å². The van der Waals surface area contributed by atoms with Gasteiger partial charge in [0.15, 0.2) is 0 Å². The summed E-state index contributed by atoms with van der Waals surface area (Å²) in [6.07, 6.45) is 7.39. The van der Waals surface area contributed by atoms with Crippen molar-refractivity contribution in [2.24, 2.45) is 0 Å². The van der Waals surface area contributed by atoms with E-state index in [1.54, 1.807) is 36.6 Å². The molecule has 1 heterocycles. The molecule has 2 amide bonds. The van der Waals surface area contributed by atoms with Crippen LogP contribution in [0.2, 0.25) is 0 Å². The van der Waals surface area contributed by atoms with Gasteiger partial charge < -0.3 is 20.4 Å². The first-order valence-electron chi connectivity index (χ1n) is 9.14. The molecule has 1 aliphatic carbocycles. The van der Waals surface area contributed by atoms with Crippen molar-refractivity contribution in [3.63, 3.8) is 0 Å². The number of amides is 2. The quantitative estimate of drug-likeness (QED) is 0.713. The van der Waals surface area contributed by atoms with E-state index in [9.17, 15) is 9.59 Å². The van der Waals surface area contributed by atoms with E-state index >= 15 is 0 Å². The van der Waals surface area contributed by atoms with Gasteiger partial charge in [0, 0.05) is 17.3 Å². The summed E-state index contributed by atoms with van der Waals surface area (Å²) in [4.78, 5) is 24.1. The predicted octanol–water partition coefficient (Wildman–Crippen LogP) is 3.07. The maximum Gasteiger partial charge on any atom is 0.251 e. The van der Waals surface area contributed by atoms with E-state index in [0.717, 1.165) is 18.5 Å². The highest BCUT2D eigenvalue weighted by molar-refractivity contribution is 5.94. The average molecular weight is 355 g/mol. The lowest BCUT2D eigenvalue weighted by Gasteiger charge is -2.22. The highest BCUT2D eigenvalue weighted by atomic mass is 16.3. The minimum atomic E-state index is -0.164. The summed E-state index contributed by atoms with van der Waals surface area (Å²) in [5, 5.41) is 8.97. The number of hydrogen-bond donors (Lipinski definition) is 3. The largest absolute Gasteiger partial charge is 0.467 e. The summed E-state index contributed by atoms with van der Waals surface area (Å²) in [5.74, 6) is 0.556. The molecule has 0 spiro atoms. The van der Waals surface area contributed by atoms with E-state index < -0.39 is 0 Å². The zero-order valence-corrected chi connectivity index (χ0v) is 14.8. The van der Waals surface area contributed by atoms with E-state index in [4.69, 9.17) is 4.42 Å². The van der Waals surface area contributed by atoms with Crippen LogP contribution in [0.3, 0.4) is 0 Å². The minimum Gasteiger partial charge on any atom is -0.467 e. The molecule has 1 aromatic carbocycles.